The Morgan fingerprint density at radius 3 is 2.15 bits per heavy atom. The smallest absolute Gasteiger partial charge is 0.315 e. The summed E-state index contributed by atoms with van der Waals surface area (Å²) >= 11 is 0. The Labute approximate surface area is 158 Å². The first-order chi connectivity index (χ1) is 13.1. The molecule has 0 bridgehead atoms. The number of esters is 1. The largest absolute Gasteiger partial charge is 0.496 e. The maximum absolute atomic E-state index is 12.3. The molecule has 0 atom stereocenters. The number of ketones is 1. The number of carbonyl (C=O) groups excluding carboxylic acids is 2. The van der Waals surface area contributed by atoms with Crippen molar-refractivity contribution in [1.29, 1.82) is 0 Å². The lowest BCUT2D eigenvalue weighted by Gasteiger charge is -2.10. The molecule has 0 unspecified atom stereocenters. The first-order valence-corrected chi connectivity index (χ1v) is 8.61. The Kier molecular flexibility index (Phi) is 5.67. The van der Waals surface area contributed by atoms with E-state index in [4.69, 9.17) is 9.47 Å². The molecule has 0 spiro atoms. The Bertz CT molecular complexity index is 944. The average molecular weight is 360 g/mol. The summed E-state index contributed by atoms with van der Waals surface area (Å²) in [7, 11) is 1.53. The fourth-order valence-corrected chi connectivity index (χ4v) is 2.80. The van der Waals surface area contributed by atoms with Gasteiger partial charge in [0.2, 0.25) is 0 Å². The number of methoxy groups -OCH3 is 1. The maximum atomic E-state index is 12.3. The Morgan fingerprint density at radius 2 is 1.52 bits per heavy atom. The summed E-state index contributed by atoms with van der Waals surface area (Å²) in [6.07, 6.45) is 0.0186. The molecule has 4 heteroatoms. The van der Waals surface area contributed by atoms with Gasteiger partial charge in [-0.2, -0.15) is 0 Å². The molecular formula is C23H20O4. The van der Waals surface area contributed by atoms with Gasteiger partial charge in [-0.1, -0.05) is 42.5 Å². The van der Waals surface area contributed by atoms with Crippen molar-refractivity contribution in [2.24, 2.45) is 0 Å². The molecule has 0 aromatic heterocycles. The van der Waals surface area contributed by atoms with Gasteiger partial charge >= 0.3 is 5.97 Å². The number of carbonyl (C=O) groups is 2. The van der Waals surface area contributed by atoms with E-state index in [1.54, 1.807) is 30.3 Å². The van der Waals surface area contributed by atoms with Gasteiger partial charge in [0.05, 0.1) is 13.5 Å². The molecule has 0 aliphatic rings. The van der Waals surface area contributed by atoms with Crippen LogP contribution in [0.15, 0.2) is 72.8 Å². The third-order valence-electron chi connectivity index (χ3n) is 4.21. The molecule has 3 aromatic carbocycles. The van der Waals surface area contributed by atoms with E-state index >= 15 is 0 Å². The van der Waals surface area contributed by atoms with Crippen LogP contribution in [0.25, 0.3) is 11.1 Å². The predicted octanol–water partition coefficient (Wildman–Crippen LogP) is 4.71. The number of ether oxygens (including phenoxy) is 2. The first kappa shape index (κ1) is 18.4. The number of Topliss-reactive ketones (excluding diaryl/α,β-unsaturated/α-hetero) is 1. The van der Waals surface area contributed by atoms with Gasteiger partial charge < -0.3 is 9.47 Å². The third kappa shape index (κ3) is 4.61. The minimum absolute atomic E-state index is 0.0186. The molecule has 0 N–H and O–H groups in total. The molecule has 27 heavy (non-hydrogen) atoms. The fourth-order valence-electron chi connectivity index (χ4n) is 2.80. The minimum Gasteiger partial charge on any atom is -0.496 e. The minimum atomic E-state index is -0.415. The van der Waals surface area contributed by atoms with Gasteiger partial charge in [-0.3, -0.25) is 9.59 Å². The monoisotopic (exact) mass is 360 g/mol. The second-order valence-electron chi connectivity index (χ2n) is 6.12. The van der Waals surface area contributed by atoms with Gasteiger partial charge in [0, 0.05) is 11.1 Å². The van der Waals surface area contributed by atoms with Crippen LogP contribution < -0.4 is 9.47 Å². The molecule has 136 valence electrons. The standard InChI is InChI=1S/C23H20O4/c1-16(24)19-10-13-22(26-2)20(14-19)15-23(25)27-21-11-8-18(9-12-21)17-6-4-3-5-7-17/h3-14H,15H2,1-2H3. The SMILES string of the molecule is COc1ccc(C(C)=O)cc1CC(=O)Oc1ccc(-c2ccccc2)cc1. The second-order valence-corrected chi connectivity index (χ2v) is 6.12. The summed E-state index contributed by atoms with van der Waals surface area (Å²) in [5.41, 5.74) is 3.30. The number of hydrogen-bond acceptors (Lipinski definition) is 4. The van der Waals surface area contributed by atoms with Crippen LogP contribution in [-0.2, 0) is 11.2 Å². The number of benzene rings is 3. The van der Waals surface area contributed by atoms with Gasteiger partial charge in [-0.25, -0.2) is 0 Å². The zero-order valence-electron chi connectivity index (χ0n) is 15.3. The van der Waals surface area contributed by atoms with Crippen LogP contribution >= 0.6 is 0 Å². The van der Waals surface area contributed by atoms with Crippen LogP contribution in [0.1, 0.15) is 22.8 Å². The molecule has 3 aromatic rings. The zero-order valence-corrected chi connectivity index (χ0v) is 15.3. The molecule has 0 amide bonds. The van der Waals surface area contributed by atoms with Gasteiger partial charge in [0.15, 0.2) is 5.78 Å². The van der Waals surface area contributed by atoms with E-state index in [9.17, 15) is 9.59 Å². The topological polar surface area (TPSA) is 52.6 Å². The van der Waals surface area contributed by atoms with Crippen molar-refractivity contribution in [3.8, 4) is 22.6 Å². The van der Waals surface area contributed by atoms with Gasteiger partial charge in [0.1, 0.15) is 11.5 Å². The summed E-state index contributed by atoms with van der Waals surface area (Å²) in [5, 5.41) is 0. The van der Waals surface area contributed by atoms with Crippen LogP contribution in [0.3, 0.4) is 0 Å². The summed E-state index contributed by atoms with van der Waals surface area (Å²) in [6, 6.07) is 22.4. The fraction of sp³-hybridized carbons (Fsp3) is 0.130. The second kappa shape index (κ2) is 8.32. The van der Waals surface area contributed by atoms with Crippen LogP contribution in [0, 0.1) is 0 Å². The Morgan fingerprint density at radius 1 is 0.852 bits per heavy atom. The summed E-state index contributed by atoms with van der Waals surface area (Å²) in [5.74, 6) is 0.544. The van der Waals surface area contributed by atoms with Crippen LogP contribution in [0.2, 0.25) is 0 Å². The lowest BCUT2D eigenvalue weighted by molar-refractivity contribution is -0.133. The third-order valence-corrected chi connectivity index (χ3v) is 4.21. The van der Waals surface area contributed by atoms with Crippen LogP contribution in [-0.4, -0.2) is 18.9 Å². The molecule has 0 fully saturated rings. The Balaban J connectivity index is 1.71. The molecule has 0 saturated carbocycles. The van der Waals surface area contributed by atoms with E-state index in [2.05, 4.69) is 0 Å². The number of rotatable bonds is 6. The van der Waals surface area contributed by atoms with E-state index in [1.807, 2.05) is 42.5 Å². The molecule has 0 aliphatic carbocycles. The summed E-state index contributed by atoms with van der Waals surface area (Å²) < 4.78 is 10.7. The molecule has 3 rings (SSSR count). The number of hydrogen-bond donors (Lipinski definition) is 0. The van der Waals surface area contributed by atoms with Crippen molar-refractivity contribution in [3.63, 3.8) is 0 Å². The van der Waals surface area contributed by atoms with E-state index < -0.39 is 5.97 Å². The normalized spacial score (nSPS) is 10.3. The quantitative estimate of drug-likeness (QED) is 0.363. The van der Waals surface area contributed by atoms with E-state index in [0.29, 0.717) is 22.6 Å². The van der Waals surface area contributed by atoms with Crippen molar-refractivity contribution in [3.05, 3.63) is 83.9 Å². The maximum Gasteiger partial charge on any atom is 0.315 e. The highest BCUT2D eigenvalue weighted by Gasteiger charge is 2.13. The lowest BCUT2D eigenvalue weighted by atomic mass is 10.0. The summed E-state index contributed by atoms with van der Waals surface area (Å²) in [4.78, 5) is 23.9. The molecule has 0 radical (unpaired) electrons. The molecule has 0 heterocycles. The lowest BCUT2D eigenvalue weighted by Crippen LogP contribution is -2.12. The van der Waals surface area contributed by atoms with Crippen molar-refractivity contribution >= 4 is 11.8 Å². The molecule has 4 nitrogen and oxygen atoms in total. The van der Waals surface area contributed by atoms with Crippen molar-refractivity contribution in [2.45, 2.75) is 13.3 Å². The predicted molar refractivity (Wildman–Crippen MR) is 104 cm³/mol. The van der Waals surface area contributed by atoms with Crippen molar-refractivity contribution in [2.75, 3.05) is 7.11 Å². The highest BCUT2D eigenvalue weighted by molar-refractivity contribution is 5.94. The van der Waals surface area contributed by atoms with Gasteiger partial charge in [-0.05, 0) is 48.4 Å². The van der Waals surface area contributed by atoms with Crippen molar-refractivity contribution < 1.29 is 19.1 Å². The Hall–Kier alpha value is -3.40. The summed E-state index contributed by atoms with van der Waals surface area (Å²) in [6.45, 7) is 1.48. The molecular weight excluding hydrogens is 340 g/mol. The van der Waals surface area contributed by atoms with Crippen molar-refractivity contribution in [1.82, 2.24) is 0 Å². The van der Waals surface area contributed by atoms with Crippen LogP contribution in [0.5, 0.6) is 11.5 Å². The van der Waals surface area contributed by atoms with Gasteiger partial charge in [-0.15, -0.1) is 0 Å². The van der Waals surface area contributed by atoms with E-state index in [-0.39, 0.29) is 12.2 Å². The average Bonchev–Trinajstić information content (AvgIpc) is 2.69. The highest BCUT2D eigenvalue weighted by atomic mass is 16.5. The first-order valence-electron chi connectivity index (χ1n) is 8.61. The van der Waals surface area contributed by atoms with E-state index in [1.165, 1.54) is 14.0 Å². The molecule has 0 aliphatic heterocycles. The van der Waals surface area contributed by atoms with E-state index in [0.717, 1.165) is 11.1 Å². The zero-order chi connectivity index (χ0) is 19.2. The van der Waals surface area contributed by atoms with Gasteiger partial charge in [0.25, 0.3) is 0 Å². The van der Waals surface area contributed by atoms with Crippen LogP contribution in [0.4, 0.5) is 0 Å². The molecule has 0 saturated heterocycles. The highest BCUT2D eigenvalue weighted by Crippen LogP contribution is 2.24.